The number of aliphatic carboxylic acids is 1. The summed E-state index contributed by atoms with van der Waals surface area (Å²) in [4.78, 5) is 42.1. The Bertz CT molecular complexity index is 920. The van der Waals surface area contributed by atoms with Crippen molar-refractivity contribution in [3.63, 3.8) is 0 Å². The second-order valence-corrected chi connectivity index (χ2v) is 10.3. The number of amides is 2. The molecule has 1 aromatic carbocycles. The van der Waals surface area contributed by atoms with Crippen molar-refractivity contribution in [3.8, 4) is 6.07 Å². The average Bonchev–Trinajstić information content (AvgIpc) is 3.14. The highest BCUT2D eigenvalue weighted by molar-refractivity contribution is 5.99. The third-order valence-corrected chi connectivity index (χ3v) is 7.11. The average molecular weight is 440 g/mol. The van der Waals surface area contributed by atoms with Gasteiger partial charge in [-0.3, -0.25) is 14.4 Å². The summed E-state index contributed by atoms with van der Waals surface area (Å²) in [6, 6.07) is 8.54. The Balaban J connectivity index is 1.72. The van der Waals surface area contributed by atoms with Gasteiger partial charge in [-0.2, -0.15) is 5.26 Å². The number of benzene rings is 1. The predicted molar refractivity (Wildman–Crippen MR) is 120 cm³/mol. The van der Waals surface area contributed by atoms with Gasteiger partial charge in [-0.05, 0) is 68.2 Å². The zero-order valence-corrected chi connectivity index (χ0v) is 19.4. The summed E-state index contributed by atoms with van der Waals surface area (Å²) < 4.78 is 0. The first kappa shape index (κ1) is 23.8. The molecule has 7 nitrogen and oxygen atoms in total. The van der Waals surface area contributed by atoms with Crippen LogP contribution in [0.15, 0.2) is 24.3 Å². The normalized spacial score (nSPS) is 23.0. The molecule has 2 fully saturated rings. The Labute approximate surface area is 190 Å². The predicted octanol–water partition coefficient (Wildman–Crippen LogP) is 3.54. The molecule has 0 aromatic heterocycles. The standard InChI is InChI=1S/C25H33N3O4/c1-24(2,3)20(22(30)31)18-10-14-27(15-11-18)23(32)25(4)12-5-13-28(25)21(29)19-8-6-17(16-26)7-9-19/h6-9,18,20H,5,10-15H2,1-4H3,(H,30,31)/t20?,25-/m1/s1. The number of likely N-dealkylation sites (tertiary alicyclic amines) is 2. The number of hydrogen-bond donors (Lipinski definition) is 1. The zero-order chi connectivity index (χ0) is 23.7. The van der Waals surface area contributed by atoms with Crippen LogP contribution in [-0.4, -0.2) is 57.9 Å². The number of carboxylic acids is 1. The van der Waals surface area contributed by atoms with Crippen LogP contribution in [0.1, 0.15) is 69.3 Å². The van der Waals surface area contributed by atoms with Gasteiger partial charge in [0.15, 0.2) is 0 Å². The summed E-state index contributed by atoms with van der Waals surface area (Å²) in [6.07, 6.45) is 2.67. The van der Waals surface area contributed by atoms with Gasteiger partial charge in [-0.15, -0.1) is 0 Å². The largest absolute Gasteiger partial charge is 0.481 e. The van der Waals surface area contributed by atoms with Crippen molar-refractivity contribution in [2.75, 3.05) is 19.6 Å². The quantitative estimate of drug-likeness (QED) is 0.773. The number of nitriles is 1. The maximum atomic E-state index is 13.5. The minimum absolute atomic E-state index is 0.0318. The van der Waals surface area contributed by atoms with Crippen LogP contribution in [0, 0.1) is 28.6 Å². The molecular formula is C25H33N3O4. The summed E-state index contributed by atoms with van der Waals surface area (Å²) in [5.74, 6) is -1.45. The first-order chi connectivity index (χ1) is 15.0. The van der Waals surface area contributed by atoms with Crippen molar-refractivity contribution in [2.24, 2.45) is 17.3 Å². The third kappa shape index (κ3) is 4.50. The lowest BCUT2D eigenvalue weighted by Gasteiger charge is -2.43. The van der Waals surface area contributed by atoms with Crippen LogP contribution in [0.4, 0.5) is 0 Å². The molecule has 2 aliphatic heterocycles. The number of piperidine rings is 1. The van der Waals surface area contributed by atoms with Gasteiger partial charge in [0.05, 0.1) is 17.6 Å². The molecule has 7 heteroatoms. The number of carboxylic acid groups (broad SMARTS) is 1. The lowest BCUT2D eigenvalue weighted by molar-refractivity contribution is -0.150. The third-order valence-electron chi connectivity index (χ3n) is 7.11. The van der Waals surface area contributed by atoms with Crippen LogP contribution >= 0.6 is 0 Å². The van der Waals surface area contributed by atoms with E-state index in [0.717, 1.165) is 6.42 Å². The van der Waals surface area contributed by atoms with E-state index in [1.54, 1.807) is 29.2 Å². The minimum atomic E-state index is -0.909. The molecule has 1 aromatic rings. The van der Waals surface area contributed by atoms with Gasteiger partial charge < -0.3 is 14.9 Å². The Morgan fingerprint density at radius 1 is 1.12 bits per heavy atom. The van der Waals surface area contributed by atoms with E-state index >= 15 is 0 Å². The summed E-state index contributed by atoms with van der Waals surface area (Å²) in [6.45, 7) is 9.24. The molecule has 2 atom stereocenters. The Kier molecular flexibility index (Phi) is 6.64. The fourth-order valence-corrected chi connectivity index (χ4v) is 5.41. The molecule has 2 heterocycles. The van der Waals surface area contributed by atoms with Crippen molar-refractivity contribution in [1.82, 2.24) is 9.80 Å². The summed E-state index contributed by atoms with van der Waals surface area (Å²) in [5.41, 5.74) is -0.295. The number of rotatable bonds is 4. The van der Waals surface area contributed by atoms with Gasteiger partial charge in [0.1, 0.15) is 5.54 Å². The first-order valence-corrected chi connectivity index (χ1v) is 11.3. The van der Waals surface area contributed by atoms with Gasteiger partial charge in [0.2, 0.25) is 5.91 Å². The summed E-state index contributed by atoms with van der Waals surface area (Å²) in [7, 11) is 0. The van der Waals surface area contributed by atoms with Crippen LogP contribution in [0.5, 0.6) is 0 Å². The lowest BCUT2D eigenvalue weighted by Crippen LogP contribution is -2.58. The van der Waals surface area contributed by atoms with E-state index in [9.17, 15) is 19.5 Å². The molecule has 32 heavy (non-hydrogen) atoms. The van der Waals surface area contributed by atoms with Crippen molar-refractivity contribution in [3.05, 3.63) is 35.4 Å². The molecule has 172 valence electrons. The van der Waals surface area contributed by atoms with Gasteiger partial charge in [0, 0.05) is 25.2 Å². The van der Waals surface area contributed by atoms with Gasteiger partial charge in [-0.1, -0.05) is 20.8 Å². The minimum Gasteiger partial charge on any atom is -0.481 e. The molecule has 1 N–H and O–H groups in total. The molecule has 0 bridgehead atoms. The fraction of sp³-hybridized carbons (Fsp3) is 0.600. The second kappa shape index (κ2) is 8.93. The molecule has 1 unspecified atom stereocenters. The molecule has 2 saturated heterocycles. The maximum absolute atomic E-state index is 13.5. The van der Waals surface area contributed by atoms with Crippen molar-refractivity contribution in [2.45, 2.75) is 58.9 Å². The highest BCUT2D eigenvalue weighted by atomic mass is 16.4. The highest BCUT2D eigenvalue weighted by Gasteiger charge is 2.49. The number of carbonyl (C=O) groups excluding carboxylic acids is 2. The number of hydrogen-bond acceptors (Lipinski definition) is 4. The monoisotopic (exact) mass is 439 g/mol. The molecule has 2 amide bonds. The smallest absolute Gasteiger partial charge is 0.307 e. The van der Waals surface area contributed by atoms with E-state index in [-0.39, 0.29) is 23.1 Å². The van der Waals surface area contributed by atoms with Crippen LogP contribution < -0.4 is 0 Å². The lowest BCUT2D eigenvalue weighted by atomic mass is 9.70. The van der Waals surface area contributed by atoms with Crippen LogP contribution in [0.25, 0.3) is 0 Å². The fourth-order valence-electron chi connectivity index (χ4n) is 5.41. The summed E-state index contributed by atoms with van der Waals surface area (Å²) in [5, 5.41) is 18.7. The number of carbonyl (C=O) groups is 3. The maximum Gasteiger partial charge on any atom is 0.307 e. The highest BCUT2D eigenvalue weighted by Crippen LogP contribution is 2.39. The molecule has 0 aliphatic carbocycles. The number of nitrogens with zero attached hydrogens (tertiary/aromatic N) is 3. The Morgan fingerprint density at radius 2 is 1.72 bits per heavy atom. The molecule has 0 saturated carbocycles. The van der Waals surface area contributed by atoms with E-state index < -0.39 is 17.4 Å². The molecule has 0 spiro atoms. The molecular weight excluding hydrogens is 406 g/mol. The Morgan fingerprint density at radius 3 is 2.22 bits per heavy atom. The van der Waals surface area contributed by atoms with Crippen molar-refractivity contribution >= 4 is 17.8 Å². The van der Waals surface area contributed by atoms with Gasteiger partial charge in [0.25, 0.3) is 5.91 Å². The van der Waals surface area contributed by atoms with E-state index in [2.05, 4.69) is 0 Å². The molecule has 3 rings (SSSR count). The summed E-state index contributed by atoms with van der Waals surface area (Å²) >= 11 is 0. The molecule has 2 aliphatic rings. The van der Waals surface area contributed by atoms with E-state index in [0.29, 0.717) is 50.0 Å². The van der Waals surface area contributed by atoms with Crippen molar-refractivity contribution in [1.29, 1.82) is 5.26 Å². The first-order valence-electron chi connectivity index (χ1n) is 11.3. The zero-order valence-electron chi connectivity index (χ0n) is 19.4. The topological polar surface area (TPSA) is 102 Å². The van der Waals surface area contributed by atoms with E-state index in [1.165, 1.54) is 0 Å². The van der Waals surface area contributed by atoms with Crippen LogP contribution in [0.3, 0.4) is 0 Å². The second-order valence-electron chi connectivity index (χ2n) is 10.3. The SMILES string of the molecule is CC(C)(C)C(C(=O)O)C1CCN(C(=O)[C@@]2(C)CCCN2C(=O)c2ccc(C#N)cc2)CC1. The van der Waals surface area contributed by atoms with E-state index in [1.807, 2.05) is 38.7 Å². The Hall–Kier alpha value is -2.88. The van der Waals surface area contributed by atoms with Gasteiger partial charge >= 0.3 is 5.97 Å². The van der Waals surface area contributed by atoms with Crippen LogP contribution in [-0.2, 0) is 9.59 Å². The van der Waals surface area contributed by atoms with Crippen LogP contribution in [0.2, 0.25) is 0 Å². The van der Waals surface area contributed by atoms with E-state index in [4.69, 9.17) is 5.26 Å². The van der Waals surface area contributed by atoms with Gasteiger partial charge in [-0.25, -0.2) is 0 Å². The van der Waals surface area contributed by atoms with Crippen molar-refractivity contribution < 1.29 is 19.5 Å². The molecule has 0 radical (unpaired) electrons.